The molecule has 100 valence electrons. The van der Waals surface area contributed by atoms with Crippen LogP contribution in [0.3, 0.4) is 0 Å². The number of hydrogen-bond donors (Lipinski definition) is 0. The van der Waals surface area contributed by atoms with E-state index in [0.717, 1.165) is 12.1 Å². The molecule has 0 saturated heterocycles. The molecule has 1 atom stereocenters. The summed E-state index contributed by atoms with van der Waals surface area (Å²) in [7, 11) is 3.28. The smallest absolute Gasteiger partial charge is 0.310 e. The van der Waals surface area contributed by atoms with Crippen molar-refractivity contribution in [1.29, 1.82) is 0 Å². The molecule has 0 amide bonds. The van der Waals surface area contributed by atoms with Gasteiger partial charge in [-0.2, -0.15) is 0 Å². The summed E-state index contributed by atoms with van der Waals surface area (Å²) < 4.78 is 17.9. The van der Waals surface area contributed by atoms with Crippen LogP contribution in [-0.2, 0) is 9.53 Å². The molecule has 0 aliphatic carbocycles. The highest BCUT2D eigenvalue weighted by atomic mass is 19.1. The fourth-order valence-corrected chi connectivity index (χ4v) is 1.84. The van der Waals surface area contributed by atoms with Crippen molar-refractivity contribution < 1.29 is 13.9 Å². The molecule has 0 radical (unpaired) electrons. The molecule has 0 saturated carbocycles. The van der Waals surface area contributed by atoms with Gasteiger partial charge in [-0.3, -0.25) is 4.79 Å². The van der Waals surface area contributed by atoms with Gasteiger partial charge >= 0.3 is 5.97 Å². The fraction of sp³-hybridized carbons (Fsp3) is 0.500. The van der Waals surface area contributed by atoms with Gasteiger partial charge in [-0.1, -0.05) is 6.92 Å². The minimum absolute atomic E-state index is 0.162. The van der Waals surface area contributed by atoms with Gasteiger partial charge < -0.3 is 9.64 Å². The zero-order valence-electron chi connectivity index (χ0n) is 11.4. The largest absolute Gasteiger partial charge is 0.469 e. The van der Waals surface area contributed by atoms with Crippen molar-refractivity contribution in [3.05, 3.63) is 29.6 Å². The third kappa shape index (κ3) is 3.45. The fourth-order valence-electron chi connectivity index (χ4n) is 1.84. The van der Waals surface area contributed by atoms with E-state index in [4.69, 9.17) is 4.74 Å². The highest BCUT2D eigenvalue weighted by molar-refractivity contribution is 5.73. The summed E-state index contributed by atoms with van der Waals surface area (Å²) in [6, 6.07) is 4.94. The molecule has 0 aromatic heterocycles. The lowest BCUT2D eigenvalue weighted by Crippen LogP contribution is -2.30. The van der Waals surface area contributed by atoms with E-state index in [0.29, 0.717) is 12.1 Å². The molecule has 1 rings (SSSR count). The summed E-state index contributed by atoms with van der Waals surface area (Å²) in [6.07, 6.45) is 0.719. The lowest BCUT2D eigenvalue weighted by Gasteiger charge is -2.24. The van der Waals surface area contributed by atoms with Crippen molar-refractivity contribution in [2.24, 2.45) is 5.92 Å². The van der Waals surface area contributed by atoms with E-state index in [1.165, 1.54) is 13.2 Å². The zero-order valence-corrected chi connectivity index (χ0v) is 11.4. The van der Waals surface area contributed by atoms with E-state index in [2.05, 4.69) is 0 Å². The molecule has 0 fully saturated rings. The molecule has 1 unspecified atom stereocenters. The van der Waals surface area contributed by atoms with Gasteiger partial charge in [0.1, 0.15) is 5.82 Å². The molecule has 18 heavy (non-hydrogen) atoms. The highest BCUT2D eigenvalue weighted by Gasteiger charge is 2.19. The maximum absolute atomic E-state index is 13.2. The molecule has 0 heterocycles. The number of anilines is 1. The second-order valence-corrected chi connectivity index (χ2v) is 4.44. The van der Waals surface area contributed by atoms with Crippen molar-refractivity contribution in [1.82, 2.24) is 0 Å². The molecular weight excluding hydrogens is 233 g/mol. The number of rotatable bonds is 5. The third-order valence-corrected chi connectivity index (χ3v) is 3.10. The first kappa shape index (κ1) is 14.5. The maximum Gasteiger partial charge on any atom is 0.310 e. The number of benzene rings is 1. The Balaban J connectivity index is 2.77. The number of carbonyl (C=O) groups is 1. The van der Waals surface area contributed by atoms with Crippen LogP contribution in [0, 0.1) is 18.7 Å². The summed E-state index contributed by atoms with van der Waals surface area (Å²) in [4.78, 5) is 13.5. The second kappa shape index (κ2) is 6.38. The van der Waals surface area contributed by atoms with Gasteiger partial charge in [-0.15, -0.1) is 0 Å². The molecule has 0 aliphatic rings. The number of ether oxygens (including phenoxy) is 1. The van der Waals surface area contributed by atoms with Crippen LogP contribution in [0.2, 0.25) is 0 Å². The van der Waals surface area contributed by atoms with E-state index in [-0.39, 0.29) is 17.7 Å². The molecule has 3 nitrogen and oxygen atoms in total. The van der Waals surface area contributed by atoms with Gasteiger partial charge in [0.25, 0.3) is 0 Å². The molecule has 0 bridgehead atoms. The van der Waals surface area contributed by atoms with Crippen molar-refractivity contribution in [3.8, 4) is 0 Å². The van der Waals surface area contributed by atoms with Crippen molar-refractivity contribution in [3.63, 3.8) is 0 Å². The Bertz CT molecular complexity index is 420. The van der Waals surface area contributed by atoms with Crippen LogP contribution in [0.15, 0.2) is 18.2 Å². The molecule has 0 aliphatic heterocycles. The first-order valence-electron chi connectivity index (χ1n) is 6.04. The Morgan fingerprint density at radius 3 is 2.67 bits per heavy atom. The standard InChI is InChI=1S/C14H20FNO2/c1-5-11(14(17)18-4)9-16(3)12-6-7-13(15)10(2)8-12/h6-8,11H,5,9H2,1-4H3. The summed E-state index contributed by atoms with van der Waals surface area (Å²) in [5.41, 5.74) is 1.50. The monoisotopic (exact) mass is 253 g/mol. The molecule has 0 spiro atoms. The molecule has 4 heteroatoms. The van der Waals surface area contributed by atoms with Crippen molar-refractivity contribution in [2.45, 2.75) is 20.3 Å². The van der Waals surface area contributed by atoms with E-state index < -0.39 is 0 Å². The van der Waals surface area contributed by atoms with Crippen molar-refractivity contribution in [2.75, 3.05) is 25.6 Å². The maximum atomic E-state index is 13.2. The Morgan fingerprint density at radius 1 is 1.50 bits per heavy atom. The molecule has 0 N–H and O–H groups in total. The number of nitrogens with zero attached hydrogens (tertiary/aromatic N) is 1. The first-order chi connectivity index (χ1) is 8.49. The lowest BCUT2D eigenvalue weighted by atomic mass is 10.1. The summed E-state index contributed by atoms with van der Waals surface area (Å²) in [6.45, 7) is 4.24. The van der Waals surface area contributed by atoms with Crippen LogP contribution in [0.4, 0.5) is 10.1 Å². The normalized spacial score (nSPS) is 12.1. The van der Waals surface area contributed by atoms with Gasteiger partial charge in [0.2, 0.25) is 0 Å². The van der Waals surface area contributed by atoms with Gasteiger partial charge in [-0.25, -0.2) is 4.39 Å². The lowest BCUT2D eigenvalue weighted by molar-refractivity contribution is -0.145. The summed E-state index contributed by atoms with van der Waals surface area (Å²) in [5.74, 6) is -0.583. The van der Waals surface area contributed by atoms with Crippen LogP contribution >= 0.6 is 0 Å². The van der Waals surface area contributed by atoms with Crippen LogP contribution in [-0.4, -0.2) is 26.7 Å². The molecule has 1 aromatic rings. The predicted molar refractivity (Wildman–Crippen MR) is 70.2 cm³/mol. The Kier molecular flexibility index (Phi) is 5.13. The van der Waals surface area contributed by atoms with E-state index in [9.17, 15) is 9.18 Å². The third-order valence-electron chi connectivity index (χ3n) is 3.10. The Labute approximate surface area is 108 Å². The van der Waals surface area contributed by atoms with Gasteiger partial charge in [0.15, 0.2) is 0 Å². The number of aryl methyl sites for hydroxylation is 1. The van der Waals surface area contributed by atoms with Crippen molar-refractivity contribution >= 4 is 11.7 Å². The molecule has 1 aromatic carbocycles. The van der Waals surface area contributed by atoms with Gasteiger partial charge in [0, 0.05) is 19.3 Å². The van der Waals surface area contributed by atoms with E-state index in [1.807, 2.05) is 18.9 Å². The van der Waals surface area contributed by atoms with Crippen LogP contribution < -0.4 is 4.90 Å². The van der Waals surface area contributed by atoms with Crippen LogP contribution in [0.25, 0.3) is 0 Å². The SMILES string of the molecule is CCC(CN(C)c1ccc(F)c(C)c1)C(=O)OC. The van der Waals surface area contributed by atoms with Crippen LogP contribution in [0.5, 0.6) is 0 Å². The van der Waals surface area contributed by atoms with Crippen LogP contribution in [0.1, 0.15) is 18.9 Å². The summed E-state index contributed by atoms with van der Waals surface area (Å²) in [5, 5.41) is 0. The number of esters is 1. The zero-order chi connectivity index (χ0) is 13.7. The molecular formula is C14H20FNO2. The number of carbonyl (C=O) groups excluding carboxylic acids is 1. The second-order valence-electron chi connectivity index (χ2n) is 4.44. The minimum Gasteiger partial charge on any atom is -0.469 e. The van der Waals surface area contributed by atoms with Gasteiger partial charge in [-0.05, 0) is 37.1 Å². The summed E-state index contributed by atoms with van der Waals surface area (Å²) >= 11 is 0. The number of hydrogen-bond acceptors (Lipinski definition) is 3. The topological polar surface area (TPSA) is 29.5 Å². The minimum atomic E-state index is -0.216. The average molecular weight is 253 g/mol. The first-order valence-corrected chi connectivity index (χ1v) is 6.04. The Hall–Kier alpha value is -1.58. The number of methoxy groups -OCH3 is 1. The van der Waals surface area contributed by atoms with Gasteiger partial charge in [0.05, 0.1) is 13.0 Å². The van der Waals surface area contributed by atoms with E-state index >= 15 is 0 Å². The quantitative estimate of drug-likeness (QED) is 0.756. The highest BCUT2D eigenvalue weighted by Crippen LogP contribution is 2.19. The van der Waals surface area contributed by atoms with E-state index in [1.54, 1.807) is 19.1 Å². The number of halogens is 1. The average Bonchev–Trinajstić information content (AvgIpc) is 2.37. The Morgan fingerprint density at radius 2 is 2.17 bits per heavy atom. The predicted octanol–water partition coefficient (Wildman–Crippen LogP) is 2.77.